The molecule has 2 N–H and O–H groups in total. The summed E-state index contributed by atoms with van der Waals surface area (Å²) in [5.41, 5.74) is 1.05. The molecule has 24 heavy (non-hydrogen) atoms. The summed E-state index contributed by atoms with van der Waals surface area (Å²) in [6.07, 6.45) is 7.45. The Kier molecular flexibility index (Phi) is 4.89. The predicted molar refractivity (Wildman–Crippen MR) is 94.6 cm³/mol. The largest absolute Gasteiger partial charge is 0.346 e. The third-order valence-corrected chi connectivity index (χ3v) is 6.32. The molecule has 1 spiro atoms. The van der Waals surface area contributed by atoms with Crippen LogP contribution < -0.4 is 10.6 Å². The van der Waals surface area contributed by atoms with E-state index < -0.39 is 0 Å². The predicted octanol–water partition coefficient (Wildman–Crippen LogP) is 3.52. The number of halogens is 2. The summed E-state index contributed by atoms with van der Waals surface area (Å²) in [5.74, 6) is 0.185. The summed E-state index contributed by atoms with van der Waals surface area (Å²) < 4.78 is 13.2. The van der Waals surface area contributed by atoms with Crippen molar-refractivity contribution in [1.82, 2.24) is 10.6 Å². The smallest absolute Gasteiger partial charge is 0.224 e. The van der Waals surface area contributed by atoms with Crippen molar-refractivity contribution in [3.8, 4) is 0 Å². The Hall–Kier alpha value is -1.13. The fraction of sp³-hybridized carbons (Fsp3) is 0.632. The van der Waals surface area contributed by atoms with Crippen molar-refractivity contribution >= 4 is 18.3 Å². The summed E-state index contributed by atoms with van der Waals surface area (Å²) in [6.45, 7) is 2.07. The van der Waals surface area contributed by atoms with Crippen LogP contribution in [0.15, 0.2) is 24.3 Å². The van der Waals surface area contributed by atoms with Gasteiger partial charge in [0.2, 0.25) is 5.91 Å². The second-order valence-corrected chi connectivity index (χ2v) is 7.65. The second kappa shape index (κ2) is 6.64. The average Bonchev–Trinajstić information content (AvgIpc) is 3.04. The van der Waals surface area contributed by atoms with Crippen LogP contribution in [-0.2, 0) is 10.3 Å². The molecule has 5 heteroatoms. The summed E-state index contributed by atoms with van der Waals surface area (Å²) in [4.78, 5) is 12.9. The highest BCUT2D eigenvalue weighted by Crippen LogP contribution is 2.59. The van der Waals surface area contributed by atoms with Crippen LogP contribution in [0.4, 0.5) is 4.39 Å². The Morgan fingerprint density at radius 3 is 2.33 bits per heavy atom. The summed E-state index contributed by atoms with van der Waals surface area (Å²) in [5, 5.41) is 6.76. The molecule has 3 aliphatic rings. The minimum atomic E-state index is -0.276. The van der Waals surface area contributed by atoms with Gasteiger partial charge in [-0.05, 0) is 68.3 Å². The molecule has 2 aliphatic carbocycles. The summed E-state index contributed by atoms with van der Waals surface area (Å²) in [7, 11) is 0. The van der Waals surface area contributed by atoms with Crippen molar-refractivity contribution in [2.75, 3.05) is 13.1 Å². The molecule has 1 unspecified atom stereocenters. The van der Waals surface area contributed by atoms with Gasteiger partial charge in [0.15, 0.2) is 0 Å². The molecule has 3 nitrogen and oxygen atoms in total. The Bertz CT molecular complexity index is 592. The molecule has 1 amide bonds. The van der Waals surface area contributed by atoms with Crippen LogP contribution >= 0.6 is 12.4 Å². The van der Waals surface area contributed by atoms with E-state index in [4.69, 9.17) is 0 Å². The van der Waals surface area contributed by atoms with Gasteiger partial charge in [-0.2, -0.15) is 0 Å². The third kappa shape index (κ3) is 3.06. The Balaban J connectivity index is 0.00000169. The quantitative estimate of drug-likeness (QED) is 0.873. The molecular weight excluding hydrogens is 327 g/mol. The number of hydrogen-bond acceptors (Lipinski definition) is 2. The lowest BCUT2D eigenvalue weighted by Crippen LogP contribution is -2.45. The standard InChI is InChI=1S/C19H25FN2O.ClH/c20-15-5-3-14(4-6-15)19(7-1-2-8-19)22-17(23)16-13-18(16)9-11-21-12-10-18;/h3-6,16,21H,1-2,7-13H2,(H,22,23);1H. The van der Waals surface area contributed by atoms with E-state index in [2.05, 4.69) is 10.6 Å². The molecular formula is C19H26ClFN2O. The van der Waals surface area contributed by atoms with Crippen LogP contribution in [0.2, 0.25) is 0 Å². The minimum Gasteiger partial charge on any atom is -0.346 e. The lowest BCUT2D eigenvalue weighted by atomic mass is 9.87. The molecule has 4 rings (SSSR count). The van der Waals surface area contributed by atoms with Crippen LogP contribution in [0.1, 0.15) is 50.5 Å². The number of amides is 1. The van der Waals surface area contributed by atoms with Crippen molar-refractivity contribution in [1.29, 1.82) is 0 Å². The topological polar surface area (TPSA) is 41.1 Å². The number of benzene rings is 1. The first-order chi connectivity index (χ1) is 11.1. The van der Waals surface area contributed by atoms with E-state index in [1.54, 1.807) is 0 Å². The molecule has 3 fully saturated rings. The Morgan fingerprint density at radius 1 is 1.08 bits per heavy atom. The van der Waals surface area contributed by atoms with Gasteiger partial charge in [-0.15, -0.1) is 12.4 Å². The van der Waals surface area contributed by atoms with E-state index in [0.29, 0.717) is 0 Å². The van der Waals surface area contributed by atoms with Crippen molar-refractivity contribution in [2.45, 2.75) is 50.5 Å². The van der Waals surface area contributed by atoms with Gasteiger partial charge in [-0.1, -0.05) is 25.0 Å². The molecule has 0 aromatic heterocycles. The van der Waals surface area contributed by atoms with Gasteiger partial charge < -0.3 is 10.6 Å². The maximum Gasteiger partial charge on any atom is 0.224 e. The maximum absolute atomic E-state index is 13.2. The molecule has 1 saturated heterocycles. The van der Waals surface area contributed by atoms with Crippen molar-refractivity contribution in [3.05, 3.63) is 35.6 Å². The molecule has 1 heterocycles. The lowest BCUT2D eigenvalue weighted by molar-refractivity contribution is -0.125. The average molecular weight is 353 g/mol. The SMILES string of the molecule is Cl.O=C(NC1(c2ccc(F)cc2)CCCC1)C1CC12CCNCC2. The van der Waals surface area contributed by atoms with Crippen molar-refractivity contribution < 1.29 is 9.18 Å². The van der Waals surface area contributed by atoms with Gasteiger partial charge in [-0.3, -0.25) is 4.79 Å². The first-order valence-corrected chi connectivity index (χ1v) is 8.92. The highest BCUT2D eigenvalue weighted by atomic mass is 35.5. The van der Waals surface area contributed by atoms with E-state index in [9.17, 15) is 9.18 Å². The van der Waals surface area contributed by atoms with Crippen LogP contribution in [0.25, 0.3) is 0 Å². The monoisotopic (exact) mass is 352 g/mol. The second-order valence-electron chi connectivity index (χ2n) is 7.65. The fourth-order valence-electron chi connectivity index (χ4n) is 4.75. The number of nitrogens with one attached hydrogen (secondary N) is 2. The highest BCUT2D eigenvalue weighted by Gasteiger charge is 2.58. The van der Waals surface area contributed by atoms with Crippen LogP contribution in [0.5, 0.6) is 0 Å². The van der Waals surface area contributed by atoms with E-state index in [1.807, 2.05) is 12.1 Å². The normalized spacial score (nSPS) is 26.6. The minimum absolute atomic E-state index is 0. The number of carbonyl (C=O) groups excluding carboxylic acids is 1. The number of hydrogen-bond donors (Lipinski definition) is 2. The first kappa shape index (κ1) is 17.7. The maximum atomic E-state index is 13.2. The first-order valence-electron chi connectivity index (χ1n) is 8.92. The summed E-state index contributed by atoms with van der Waals surface area (Å²) >= 11 is 0. The van der Waals surface area contributed by atoms with Crippen LogP contribution in [0, 0.1) is 17.2 Å². The lowest BCUT2D eigenvalue weighted by Gasteiger charge is -2.32. The molecule has 1 aromatic carbocycles. The van der Waals surface area contributed by atoms with E-state index >= 15 is 0 Å². The third-order valence-electron chi connectivity index (χ3n) is 6.32. The molecule has 1 atom stereocenters. The molecule has 1 aromatic rings. The number of carbonyl (C=O) groups is 1. The highest BCUT2D eigenvalue weighted by molar-refractivity contribution is 5.85. The molecule has 132 valence electrons. The van der Waals surface area contributed by atoms with E-state index in [1.165, 1.54) is 12.1 Å². The van der Waals surface area contributed by atoms with Crippen molar-refractivity contribution in [3.63, 3.8) is 0 Å². The zero-order chi connectivity index (χ0) is 15.9. The van der Waals surface area contributed by atoms with Gasteiger partial charge in [0.25, 0.3) is 0 Å². The molecule has 0 bridgehead atoms. The zero-order valence-corrected chi connectivity index (χ0v) is 14.8. The number of rotatable bonds is 3. The van der Waals surface area contributed by atoms with E-state index in [0.717, 1.165) is 63.6 Å². The Morgan fingerprint density at radius 2 is 1.71 bits per heavy atom. The van der Waals surface area contributed by atoms with Crippen LogP contribution in [-0.4, -0.2) is 19.0 Å². The Labute approximate surface area is 149 Å². The molecule has 1 aliphatic heterocycles. The van der Waals surface area contributed by atoms with Gasteiger partial charge >= 0.3 is 0 Å². The zero-order valence-electron chi connectivity index (χ0n) is 13.9. The van der Waals surface area contributed by atoms with Gasteiger partial charge in [-0.25, -0.2) is 4.39 Å². The van der Waals surface area contributed by atoms with Crippen molar-refractivity contribution in [2.24, 2.45) is 11.3 Å². The number of piperidine rings is 1. The van der Waals surface area contributed by atoms with Gasteiger partial charge in [0, 0.05) is 5.92 Å². The van der Waals surface area contributed by atoms with E-state index in [-0.39, 0.29) is 41.0 Å². The van der Waals surface area contributed by atoms with Gasteiger partial charge in [0.05, 0.1) is 5.54 Å². The fourth-order valence-corrected chi connectivity index (χ4v) is 4.75. The molecule has 2 saturated carbocycles. The van der Waals surface area contributed by atoms with Crippen LogP contribution in [0.3, 0.4) is 0 Å². The molecule has 0 radical (unpaired) electrons. The summed E-state index contributed by atoms with van der Waals surface area (Å²) in [6, 6.07) is 6.70. The van der Waals surface area contributed by atoms with Gasteiger partial charge in [0.1, 0.15) is 5.82 Å².